The monoisotopic (exact) mass is 362 g/mol. The van der Waals surface area contributed by atoms with Gasteiger partial charge in [0.25, 0.3) is 0 Å². The first-order chi connectivity index (χ1) is 11.9. The normalized spacial score (nSPS) is 22.2. The van der Waals surface area contributed by atoms with E-state index in [9.17, 15) is 10.2 Å². The van der Waals surface area contributed by atoms with Crippen LogP contribution in [0.15, 0.2) is 12.3 Å². The lowest BCUT2D eigenvalue weighted by atomic mass is 9.81. The summed E-state index contributed by atoms with van der Waals surface area (Å²) in [5.74, 6) is 6.27. The summed E-state index contributed by atoms with van der Waals surface area (Å²) in [6.07, 6.45) is 8.29. The molecule has 0 atom stereocenters. The Kier molecular flexibility index (Phi) is 5.58. The van der Waals surface area contributed by atoms with Crippen LogP contribution in [0.3, 0.4) is 0 Å². The van der Waals surface area contributed by atoms with Crippen molar-refractivity contribution >= 4 is 17.3 Å². The van der Waals surface area contributed by atoms with Gasteiger partial charge in [-0.05, 0) is 43.9 Å². The molecule has 2 N–H and O–H groups in total. The van der Waals surface area contributed by atoms with Gasteiger partial charge in [0.2, 0.25) is 0 Å². The van der Waals surface area contributed by atoms with Gasteiger partial charge in [-0.1, -0.05) is 36.8 Å². The van der Waals surface area contributed by atoms with Crippen molar-refractivity contribution in [3.8, 4) is 11.8 Å². The molecule has 1 saturated heterocycles. The molecule has 1 aromatic rings. The van der Waals surface area contributed by atoms with Gasteiger partial charge < -0.3 is 15.1 Å². The summed E-state index contributed by atoms with van der Waals surface area (Å²) in [5.41, 5.74) is 0.922. The van der Waals surface area contributed by atoms with Gasteiger partial charge in [-0.3, -0.25) is 0 Å². The van der Waals surface area contributed by atoms with Crippen LogP contribution in [0.4, 0.5) is 5.69 Å². The number of halogens is 1. The van der Waals surface area contributed by atoms with E-state index in [0.717, 1.165) is 62.9 Å². The van der Waals surface area contributed by atoms with Gasteiger partial charge in [0, 0.05) is 32.0 Å². The Morgan fingerprint density at radius 1 is 1.20 bits per heavy atom. The number of pyridine rings is 1. The molecule has 2 aliphatic rings. The molecule has 25 heavy (non-hydrogen) atoms. The van der Waals surface area contributed by atoms with Gasteiger partial charge in [0.15, 0.2) is 0 Å². The molecule has 3 rings (SSSR count). The number of rotatable bonds is 2. The molecule has 2 heterocycles. The zero-order valence-corrected chi connectivity index (χ0v) is 15.6. The summed E-state index contributed by atoms with van der Waals surface area (Å²) in [7, 11) is 0. The lowest BCUT2D eigenvalue weighted by Crippen LogP contribution is -2.40. The van der Waals surface area contributed by atoms with Crippen LogP contribution >= 0.6 is 11.6 Å². The highest BCUT2D eigenvalue weighted by Gasteiger charge is 2.30. The van der Waals surface area contributed by atoms with Crippen molar-refractivity contribution in [1.82, 2.24) is 4.98 Å². The molecular formula is C20H27ClN2O2. The van der Waals surface area contributed by atoms with Crippen LogP contribution in [0.1, 0.15) is 57.4 Å². The maximum absolute atomic E-state index is 10.6. The highest BCUT2D eigenvalue weighted by atomic mass is 35.5. The molecule has 2 fully saturated rings. The number of aliphatic hydroxyl groups excluding tert-OH is 1. The van der Waals surface area contributed by atoms with Crippen LogP contribution in [0.25, 0.3) is 0 Å². The largest absolute Gasteiger partial charge is 0.396 e. The number of aliphatic hydroxyl groups is 2. The summed E-state index contributed by atoms with van der Waals surface area (Å²) in [6, 6.07) is 1.86. The fraction of sp³-hybridized carbons (Fsp3) is 0.650. The van der Waals surface area contributed by atoms with E-state index in [1.54, 1.807) is 6.20 Å². The summed E-state index contributed by atoms with van der Waals surface area (Å²) >= 11 is 6.12. The van der Waals surface area contributed by atoms with Crippen molar-refractivity contribution in [2.45, 2.75) is 57.5 Å². The minimum atomic E-state index is -0.869. The smallest absolute Gasteiger partial charge is 0.131 e. The van der Waals surface area contributed by atoms with Crippen LogP contribution in [0.5, 0.6) is 0 Å². The summed E-state index contributed by atoms with van der Waals surface area (Å²) in [5, 5.41) is 20.6. The minimum Gasteiger partial charge on any atom is -0.396 e. The van der Waals surface area contributed by atoms with Gasteiger partial charge in [-0.25, -0.2) is 4.98 Å². The predicted octanol–water partition coefficient (Wildman–Crippen LogP) is 3.38. The molecule has 1 aromatic heterocycles. The number of anilines is 1. The van der Waals surface area contributed by atoms with Crippen LogP contribution < -0.4 is 4.90 Å². The third kappa shape index (κ3) is 4.47. The second-order valence-corrected chi connectivity index (χ2v) is 8.21. The number of piperidine rings is 1. The molecule has 1 aliphatic heterocycles. The van der Waals surface area contributed by atoms with Crippen molar-refractivity contribution < 1.29 is 10.2 Å². The van der Waals surface area contributed by atoms with Crippen molar-refractivity contribution in [3.05, 3.63) is 23.0 Å². The highest BCUT2D eigenvalue weighted by molar-refractivity contribution is 6.29. The van der Waals surface area contributed by atoms with Gasteiger partial charge in [-0.15, -0.1) is 0 Å². The van der Waals surface area contributed by atoms with Crippen molar-refractivity contribution in [2.75, 3.05) is 24.6 Å². The van der Waals surface area contributed by atoms with Gasteiger partial charge in [-0.2, -0.15) is 0 Å². The summed E-state index contributed by atoms with van der Waals surface area (Å²) in [6.45, 7) is 4.06. The standard InChI is InChI=1S/C20H27ClN2O2/c1-19(15-24)9-11-23(12-10-19)17-13-18(21)22-14-16(17)5-8-20(25)6-3-2-4-7-20/h13-14,24-25H,2-4,6-7,9-12,15H2,1H3. The first-order valence-corrected chi connectivity index (χ1v) is 9.58. The molecule has 0 spiro atoms. The van der Waals surface area contributed by atoms with Gasteiger partial charge in [0.1, 0.15) is 10.8 Å². The Morgan fingerprint density at radius 3 is 2.52 bits per heavy atom. The molecule has 1 aliphatic carbocycles. The maximum atomic E-state index is 10.6. The van der Waals surface area contributed by atoms with Crippen LogP contribution in [0, 0.1) is 17.3 Å². The average Bonchev–Trinajstić information content (AvgIpc) is 2.62. The van der Waals surface area contributed by atoms with E-state index in [1.165, 1.54) is 6.42 Å². The predicted molar refractivity (Wildman–Crippen MR) is 101 cm³/mol. The fourth-order valence-corrected chi connectivity index (χ4v) is 3.82. The fourth-order valence-electron chi connectivity index (χ4n) is 3.67. The van der Waals surface area contributed by atoms with Crippen molar-refractivity contribution in [2.24, 2.45) is 5.41 Å². The van der Waals surface area contributed by atoms with Crippen molar-refractivity contribution in [3.63, 3.8) is 0 Å². The minimum absolute atomic E-state index is 0.00355. The third-order valence-electron chi connectivity index (χ3n) is 5.65. The summed E-state index contributed by atoms with van der Waals surface area (Å²) in [4.78, 5) is 6.44. The molecule has 136 valence electrons. The van der Waals surface area contributed by atoms with Gasteiger partial charge >= 0.3 is 0 Å². The SMILES string of the molecule is CC1(CO)CCN(c2cc(Cl)ncc2C#CC2(O)CCCCC2)CC1. The average molecular weight is 363 g/mol. The van der Waals surface area contributed by atoms with E-state index in [1.807, 2.05) is 6.07 Å². The molecule has 1 saturated carbocycles. The van der Waals surface area contributed by atoms with E-state index in [2.05, 4.69) is 28.6 Å². The number of hydrogen-bond acceptors (Lipinski definition) is 4. The summed E-state index contributed by atoms with van der Waals surface area (Å²) < 4.78 is 0. The number of hydrogen-bond donors (Lipinski definition) is 2. The second kappa shape index (κ2) is 7.53. The molecule has 0 aromatic carbocycles. The molecule has 5 heteroatoms. The van der Waals surface area contributed by atoms with E-state index >= 15 is 0 Å². The lowest BCUT2D eigenvalue weighted by Gasteiger charge is -2.39. The van der Waals surface area contributed by atoms with Crippen LogP contribution in [0.2, 0.25) is 5.15 Å². The van der Waals surface area contributed by atoms with E-state index in [4.69, 9.17) is 11.6 Å². The van der Waals surface area contributed by atoms with Crippen molar-refractivity contribution in [1.29, 1.82) is 0 Å². The zero-order chi connectivity index (χ0) is 17.9. The first-order valence-electron chi connectivity index (χ1n) is 9.20. The topological polar surface area (TPSA) is 56.6 Å². The Bertz CT molecular complexity index is 666. The lowest BCUT2D eigenvalue weighted by molar-refractivity contribution is 0.0610. The Balaban J connectivity index is 1.82. The number of aromatic nitrogens is 1. The van der Waals surface area contributed by atoms with Crippen LogP contribution in [-0.4, -0.2) is 40.5 Å². The van der Waals surface area contributed by atoms with Crippen LogP contribution in [-0.2, 0) is 0 Å². The number of nitrogens with zero attached hydrogens (tertiary/aromatic N) is 2. The molecule has 0 radical (unpaired) electrons. The third-order valence-corrected chi connectivity index (χ3v) is 5.86. The van der Waals surface area contributed by atoms with E-state index < -0.39 is 5.60 Å². The Hall–Kier alpha value is -1.28. The van der Waals surface area contributed by atoms with E-state index in [-0.39, 0.29) is 12.0 Å². The molecule has 0 bridgehead atoms. The molecular weight excluding hydrogens is 336 g/mol. The second-order valence-electron chi connectivity index (χ2n) is 7.82. The van der Waals surface area contributed by atoms with E-state index in [0.29, 0.717) is 5.15 Å². The zero-order valence-electron chi connectivity index (χ0n) is 14.9. The quantitative estimate of drug-likeness (QED) is 0.625. The van der Waals surface area contributed by atoms with Gasteiger partial charge in [0.05, 0.1) is 11.3 Å². The highest BCUT2D eigenvalue weighted by Crippen LogP contribution is 2.34. The Morgan fingerprint density at radius 2 is 1.88 bits per heavy atom. The molecule has 0 unspecified atom stereocenters. The maximum Gasteiger partial charge on any atom is 0.131 e. The first kappa shape index (κ1) is 18.5. The molecule has 4 nitrogen and oxygen atoms in total. The Labute approximate surface area is 155 Å². The molecule has 0 amide bonds.